The molecule has 178 valence electrons. The third-order valence-corrected chi connectivity index (χ3v) is 6.92. The van der Waals surface area contributed by atoms with Gasteiger partial charge in [0.25, 0.3) is 5.91 Å². The van der Waals surface area contributed by atoms with Crippen LogP contribution < -0.4 is 15.0 Å². The van der Waals surface area contributed by atoms with Gasteiger partial charge in [0.2, 0.25) is 0 Å². The fraction of sp³-hybridized carbons (Fsp3) is 0.360. The first-order valence-electron chi connectivity index (χ1n) is 11.5. The molecule has 1 N–H and O–H groups in total. The van der Waals surface area contributed by atoms with E-state index in [4.69, 9.17) is 4.74 Å². The predicted molar refractivity (Wildman–Crippen MR) is 135 cm³/mol. The summed E-state index contributed by atoms with van der Waals surface area (Å²) in [6.07, 6.45) is 0. The molecule has 0 bridgehead atoms. The smallest absolute Gasteiger partial charge is 0.262 e. The van der Waals surface area contributed by atoms with E-state index in [-0.39, 0.29) is 23.5 Å². The number of rotatable bonds is 9. The van der Waals surface area contributed by atoms with Crippen molar-refractivity contribution in [1.29, 1.82) is 0 Å². The molecule has 0 saturated heterocycles. The van der Waals surface area contributed by atoms with Crippen LogP contribution in [0.15, 0.2) is 47.6 Å². The molecule has 34 heavy (non-hydrogen) atoms. The fourth-order valence-corrected chi connectivity index (χ4v) is 4.96. The molecule has 1 atom stereocenters. The summed E-state index contributed by atoms with van der Waals surface area (Å²) in [5.41, 5.74) is 3.20. The van der Waals surface area contributed by atoms with Crippen molar-refractivity contribution in [2.24, 2.45) is 0 Å². The van der Waals surface area contributed by atoms with E-state index in [0.29, 0.717) is 28.7 Å². The Bertz CT molecular complexity index is 1190. The van der Waals surface area contributed by atoms with E-state index in [1.807, 2.05) is 18.4 Å². The highest BCUT2D eigenvalue weighted by atomic mass is 32.2. The number of thioether (sulfide) groups is 1. The Morgan fingerprint density at radius 2 is 1.88 bits per heavy atom. The first kappa shape index (κ1) is 23.8. The van der Waals surface area contributed by atoms with Gasteiger partial charge in [0.05, 0.1) is 10.9 Å². The predicted octanol–water partition coefficient (Wildman–Crippen LogP) is 4.51. The number of anilines is 2. The van der Waals surface area contributed by atoms with E-state index in [0.717, 1.165) is 24.5 Å². The number of nitrogens with one attached hydrogen (secondary N) is 1. The second-order valence-corrected chi connectivity index (χ2v) is 9.25. The van der Waals surface area contributed by atoms with Crippen molar-refractivity contribution in [2.45, 2.75) is 44.6 Å². The Morgan fingerprint density at radius 3 is 2.56 bits per heavy atom. The Balaban J connectivity index is 1.52. The average Bonchev–Trinajstić information content (AvgIpc) is 3.26. The Morgan fingerprint density at radius 1 is 1.15 bits per heavy atom. The van der Waals surface area contributed by atoms with Gasteiger partial charge >= 0.3 is 0 Å². The van der Waals surface area contributed by atoms with Crippen LogP contribution in [-0.4, -0.2) is 51.4 Å². The van der Waals surface area contributed by atoms with Gasteiger partial charge < -0.3 is 19.5 Å². The summed E-state index contributed by atoms with van der Waals surface area (Å²) >= 11 is 1.38. The number of benzene rings is 2. The normalized spacial score (nSPS) is 13.6. The lowest BCUT2D eigenvalue weighted by atomic mass is 10.1. The van der Waals surface area contributed by atoms with Crippen LogP contribution in [0.4, 0.5) is 11.4 Å². The summed E-state index contributed by atoms with van der Waals surface area (Å²) in [5.74, 6) is 1.07. The standard InChI is InChI=1S/C25H29N5O3S/c1-5-29(6-2)19-11-8-17(9-12-19)24-27-28-25(30(24)7-3)34-16(4)23(32)18-10-13-21-20(14-18)26-22(31)15-33-21/h8-14,16H,5-7,15H2,1-4H3,(H,26,31)/t16-/m1/s1. The van der Waals surface area contributed by atoms with Crippen LogP contribution in [0.25, 0.3) is 11.4 Å². The molecule has 0 unspecified atom stereocenters. The van der Waals surface area contributed by atoms with E-state index in [1.54, 1.807) is 18.2 Å². The minimum absolute atomic E-state index is 0.0141. The molecule has 2 heterocycles. The van der Waals surface area contributed by atoms with Gasteiger partial charge in [0.15, 0.2) is 23.4 Å². The van der Waals surface area contributed by atoms with Crippen molar-refractivity contribution in [3.05, 3.63) is 48.0 Å². The Hall–Kier alpha value is -3.33. The van der Waals surface area contributed by atoms with Crippen LogP contribution in [0, 0.1) is 0 Å². The van der Waals surface area contributed by atoms with Crippen molar-refractivity contribution in [3.63, 3.8) is 0 Å². The maximum absolute atomic E-state index is 13.1. The highest BCUT2D eigenvalue weighted by Gasteiger charge is 2.24. The molecule has 2 aromatic carbocycles. The number of ether oxygens (including phenoxy) is 1. The minimum Gasteiger partial charge on any atom is -0.482 e. The van der Waals surface area contributed by atoms with Crippen molar-refractivity contribution >= 4 is 34.8 Å². The summed E-state index contributed by atoms with van der Waals surface area (Å²) in [7, 11) is 0. The zero-order valence-corrected chi connectivity index (χ0v) is 20.7. The first-order chi connectivity index (χ1) is 16.4. The number of carbonyl (C=O) groups excluding carboxylic acids is 2. The number of ketones is 1. The number of nitrogens with zero attached hydrogens (tertiary/aromatic N) is 4. The maximum atomic E-state index is 13.1. The molecule has 3 aromatic rings. The molecule has 0 radical (unpaired) electrons. The van der Waals surface area contributed by atoms with E-state index in [9.17, 15) is 9.59 Å². The van der Waals surface area contributed by atoms with Gasteiger partial charge in [0.1, 0.15) is 5.75 Å². The zero-order chi connectivity index (χ0) is 24.2. The molecule has 1 amide bonds. The Labute approximate surface area is 203 Å². The number of carbonyl (C=O) groups is 2. The molecule has 1 aliphatic heterocycles. The molecule has 4 rings (SSSR count). The summed E-state index contributed by atoms with van der Waals surface area (Å²) < 4.78 is 7.41. The van der Waals surface area contributed by atoms with Crippen molar-refractivity contribution in [3.8, 4) is 17.1 Å². The summed E-state index contributed by atoms with van der Waals surface area (Å²) in [4.78, 5) is 27.0. The van der Waals surface area contributed by atoms with Gasteiger partial charge in [-0.25, -0.2) is 0 Å². The molecular formula is C25H29N5O3S. The van der Waals surface area contributed by atoms with E-state index in [1.165, 1.54) is 17.4 Å². The van der Waals surface area contributed by atoms with E-state index in [2.05, 4.69) is 58.5 Å². The van der Waals surface area contributed by atoms with Crippen molar-refractivity contribution < 1.29 is 14.3 Å². The van der Waals surface area contributed by atoms with Gasteiger partial charge in [-0.15, -0.1) is 10.2 Å². The molecular weight excluding hydrogens is 450 g/mol. The van der Waals surface area contributed by atoms with Crippen LogP contribution >= 0.6 is 11.8 Å². The SMILES string of the molecule is CCN(CC)c1ccc(-c2nnc(S[C@H](C)C(=O)c3ccc4c(c3)NC(=O)CO4)n2CC)cc1. The van der Waals surface area contributed by atoms with Crippen LogP contribution in [0.3, 0.4) is 0 Å². The number of Topliss-reactive ketones (excluding diaryl/α,β-unsaturated/α-hetero) is 1. The van der Waals surface area contributed by atoms with Crippen molar-refractivity contribution in [1.82, 2.24) is 14.8 Å². The first-order valence-corrected chi connectivity index (χ1v) is 12.4. The maximum Gasteiger partial charge on any atom is 0.262 e. The van der Waals surface area contributed by atoms with Gasteiger partial charge in [-0.1, -0.05) is 11.8 Å². The number of aromatic nitrogens is 3. The van der Waals surface area contributed by atoms with E-state index < -0.39 is 0 Å². The van der Waals surface area contributed by atoms with Gasteiger partial charge in [-0.3, -0.25) is 9.59 Å². The molecule has 0 fully saturated rings. The molecule has 0 aliphatic carbocycles. The second-order valence-electron chi connectivity index (χ2n) is 7.94. The number of amides is 1. The summed E-state index contributed by atoms with van der Waals surface area (Å²) in [5, 5.41) is 11.9. The third kappa shape index (κ3) is 4.79. The molecule has 8 nitrogen and oxygen atoms in total. The van der Waals surface area contributed by atoms with Crippen LogP contribution in [0.5, 0.6) is 5.75 Å². The zero-order valence-electron chi connectivity index (χ0n) is 19.9. The van der Waals surface area contributed by atoms with Gasteiger partial charge in [-0.05, 0) is 70.2 Å². The summed E-state index contributed by atoms with van der Waals surface area (Å²) in [6, 6.07) is 13.5. The molecule has 1 aromatic heterocycles. The quantitative estimate of drug-likeness (QED) is 0.357. The Kier molecular flexibility index (Phi) is 7.21. The molecule has 0 saturated carbocycles. The topological polar surface area (TPSA) is 89.3 Å². The van der Waals surface area contributed by atoms with Gasteiger partial charge in [-0.2, -0.15) is 0 Å². The number of hydrogen-bond donors (Lipinski definition) is 1. The lowest BCUT2D eigenvalue weighted by Crippen LogP contribution is -2.25. The van der Waals surface area contributed by atoms with Gasteiger partial charge in [0, 0.05) is 36.4 Å². The number of fused-ring (bicyclic) bond motifs is 1. The van der Waals surface area contributed by atoms with Crippen LogP contribution in [-0.2, 0) is 11.3 Å². The number of hydrogen-bond acceptors (Lipinski definition) is 7. The van der Waals surface area contributed by atoms with Crippen LogP contribution in [0.1, 0.15) is 38.1 Å². The monoisotopic (exact) mass is 479 g/mol. The third-order valence-electron chi connectivity index (χ3n) is 5.84. The molecule has 0 spiro atoms. The molecule has 1 aliphatic rings. The van der Waals surface area contributed by atoms with E-state index >= 15 is 0 Å². The highest BCUT2D eigenvalue weighted by molar-refractivity contribution is 8.00. The molecule has 9 heteroatoms. The largest absolute Gasteiger partial charge is 0.482 e. The lowest BCUT2D eigenvalue weighted by molar-refractivity contribution is -0.118. The average molecular weight is 480 g/mol. The lowest BCUT2D eigenvalue weighted by Gasteiger charge is -2.21. The fourth-order valence-electron chi connectivity index (χ4n) is 3.97. The van der Waals surface area contributed by atoms with Crippen molar-refractivity contribution in [2.75, 3.05) is 29.9 Å². The highest BCUT2D eigenvalue weighted by Crippen LogP contribution is 2.32. The summed E-state index contributed by atoms with van der Waals surface area (Å²) in [6.45, 7) is 10.8. The minimum atomic E-state index is -0.384. The second kappa shape index (κ2) is 10.3. The van der Waals surface area contributed by atoms with Crippen LogP contribution in [0.2, 0.25) is 0 Å².